The normalized spacial score (nSPS) is 10.9. The van der Waals surface area contributed by atoms with E-state index in [0.717, 1.165) is 28.6 Å². The first kappa shape index (κ1) is 15.7. The number of carbonyl (C=O) groups excluding carboxylic acids is 1. The molecule has 0 fully saturated rings. The Kier molecular flexibility index (Phi) is 5.09. The molecule has 2 rings (SSSR count). The second kappa shape index (κ2) is 6.83. The first-order valence-electron chi connectivity index (χ1n) is 6.83. The number of aryl methyl sites for hydroxylation is 1. The number of ketones is 1. The number of thiazole rings is 1. The van der Waals surface area contributed by atoms with Crippen molar-refractivity contribution < 1.29 is 9.53 Å². The SMILES string of the molecule is CC(=O)c1sc(C)nc1-c1ccc(OCCN(C)C)cc1. The zero-order chi connectivity index (χ0) is 15.4. The van der Waals surface area contributed by atoms with Gasteiger partial charge in [0, 0.05) is 19.0 Å². The lowest BCUT2D eigenvalue weighted by atomic mass is 10.1. The zero-order valence-electron chi connectivity index (χ0n) is 12.8. The number of aromatic nitrogens is 1. The van der Waals surface area contributed by atoms with Crippen LogP contribution in [0.1, 0.15) is 21.6 Å². The fraction of sp³-hybridized carbons (Fsp3) is 0.375. The van der Waals surface area contributed by atoms with Gasteiger partial charge >= 0.3 is 0 Å². The van der Waals surface area contributed by atoms with Crippen LogP contribution in [0.25, 0.3) is 11.3 Å². The first-order valence-corrected chi connectivity index (χ1v) is 7.65. The lowest BCUT2D eigenvalue weighted by Gasteiger charge is -2.11. The third-order valence-electron chi connectivity index (χ3n) is 2.99. The van der Waals surface area contributed by atoms with E-state index in [-0.39, 0.29) is 5.78 Å². The van der Waals surface area contributed by atoms with Crippen LogP contribution >= 0.6 is 11.3 Å². The summed E-state index contributed by atoms with van der Waals surface area (Å²) in [4.78, 5) is 18.9. The van der Waals surface area contributed by atoms with Gasteiger partial charge in [-0.3, -0.25) is 4.79 Å². The summed E-state index contributed by atoms with van der Waals surface area (Å²) < 4.78 is 5.66. The molecule has 0 unspecified atom stereocenters. The highest BCUT2D eigenvalue weighted by molar-refractivity contribution is 7.14. The Morgan fingerprint density at radius 3 is 2.52 bits per heavy atom. The van der Waals surface area contributed by atoms with Crippen molar-refractivity contribution in [2.75, 3.05) is 27.2 Å². The highest BCUT2D eigenvalue weighted by Gasteiger charge is 2.14. The monoisotopic (exact) mass is 304 g/mol. The molecular formula is C16H20N2O2S. The molecule has 1 heterocycles. The Morgan fingerprint density at radius 1 is 1.29 bits per heavy atom. The van der Waals surface area contributed by atoms with Crippen molar-refractivity contribution in [3.63, 3.8) is 0 Å². The van der Waals surface area contributed by atoms with Crippen LogP contribution in [-0.4, -0.2) is 42.9 Å². The molecule has 1 aromatic carbocycles. The van der Waals surface area contributed by atoms with Gasteiger partial charge in [0.15, 0.2) is 5.78 Å². The number of nitrogens with zero attached hydrogens (tertiary/aromatic N) is 2. The van der Waals surface area contributed by atoms with Gasteiger partial charge in [0.1, 0.15) is 12.4 Å². The van der Waals surface area contributed by atoms with Gasteiger partial charge in [-0.2, -0.15) is 0 Å². The topological polar surface area (TPSA) is 42.4 Å². The van der Waals surface area contributed by atoms with Gasteiger partial charge in [0.2, 0.25) is 0 Å². The average Bonchev–Trinajstić information content (AvgIpc) is 2.81. The zero-order valence-corrected chi connectivity index (χ0v) is 13.7. The van der Waals surface area contributed by atoms with Crippen molar-refractivity contribution in [3.8, 4) is 17.0 Å². The van der Waals surface area contributed by atoms with E-state index in [1.807, 2.05) is 45.3 Å². The van der Waals surface area contributed by atoms with Crippen LogP contribution in [0.3, 0.4) is 0 Å². The van der Waals surface area contributed by atoms with Crippen LogP contribution in [0.5, 0.6) is 5.75 Å². The van der Waals surface area contributed by atoms with E-state index in [2.05, 4.69) is 9.88 Å². The largest absolute Gasteiger partial charge is 0.492 e. The van der Waals surface area contributed by atoms with E-state index in [4.69, 9.17) is 4.74 Å². The van der Waals surface area contributed by atoms with Crippen LogP contribution in [0, 0.1) is 6.92 Å². The van der Waals surface area contributed by atoms with Gasteiger partial charge in [0.25, 0.3) is 0 Å². The first-order chi connectivity index (χ1) is 9.97. The highest BCUT2D eigenvalue weighted by atomic mass is 32.1. The number of carbonyl (C=O) groups is 1. The van der Waals surface area contributed by atoms with Crippen LogP contribution in [-0.2, 0) is 0 Å². The number of hydrogen-bond donors (Lipinski definition) is 0. The van der Waals surface area contributed by atoms with E-state index in [9.17, 15) is 4.79 Å². The second-order valence-electron chi connectivity index (χ2n) is 5.14. The molecule has 0 radical (unpaired) electrons. The molecule has 0 saturated heterocycles. The van der Waals surface area contributed by atoms with Crippen LogP contribution < -0.4 is 4.74 Å². The lowest BCUT2D eigenvalue weighted by Crippen LogP contribution is -2.19. The molecule has 4 nitrogen and oxygen atoms in total. The molecule has 0 N–H and O–H groups in total. The van der Waals surface area contributed by atoms with E-state index in [0.29, 0.717) is 11.5 Å². The molecule has 0 bridgehead atoms. The van der Waals surface area contributed by atoms with Crippen molar-refractivity contribution >= 4 is 17.1 Å². The number of benzene rings is 1. The minimum atomic E-state index is 0.0573. The Labute approximate surface area is 129 Å². The van der Waals surface area contributed by atoms with Gasteiger partial charge in [0.05, 0.1) is 15.6 Å². The predicted octanol–water partition coefficient (Wildman–Crippen LogP) is 3.26. The van der Waals surface area contributed by atoms with Crippen LogP contribution in [0.2, 0.25) is 0 Å². The summed E-state index contributed by atoms with van der Waals surface area (Å²) in [5.74, 6) is 0.888. The van der Waals surface area contributed by atoms with Crippen LogP contribution in [0.15, 0.2) is 24.3 Å². The Bertz CT molecular complexity index is 618. The van der Waals surface area contributed by atoms with E-state index >= 15 is 0 Å². The standard InChI is InChI=1S/C16H20N2O2S/c1-11(19)16-15(17-12(2)21-16)13-5-7-14(8-6-13)20-10-9-18(3)4/h5-8H,9-10H2,1-4H3. The fourth-order valence-electron chi connectivity index (χ4n) is 1.92. The average molecular weight is 304 g/mol. The maximum Gasteiger partial charge on any atom is 0.172 e. The number of rotatable bonds is 6. The molecule has 5 heteroatoms. The smallest absolute Gasteiger partial charge is 0.172 e. The molecule has 0 atom stereocenters. The molecule has 0 aliphatic heterocycles. The Morgan fingerprint density at radius 2 is 1.95 bits per heavy atom. The third kappa shape index (κ3) is 4.12. The maximum atomic E-state index is 11.7. The number of Topliss-reactive ketones (excluding diaryl/α,β-unsaturated/α-hetero) is 1. The predicted molar refractivity (Wildman–Crippen MR) is 86.3 cm³/mol. The maximum absolute atomic E-state index is 11.7. The summed E-state index contributed by atoms with van der Waals surface area (Å²) in [6.07, 6.45) is 0. The number of ether oxygens (including phenoxy) is 1. The number of likely N-dealkylation sites (N-methyl/N-ethyl adjacent to an activating group) is 1. The Hall–Kier alpha value is -1.72. The molecule has 0 aliphatic carbocycles. The van der Waals surface area contributed by atoms with E-state index < -0.39 is 0 Å². The molecule has 1 aromatic heterocycles. The summed E-state index contributed by atoms with van der Waals surface area (Å²) in [6.45, 7) is 5.02. The molecule has 0 saturated carbocycles. The van der Waals surface area contributed by atoms with Crippen molar-refractivity contribution in [2.24, 2.45) is 0 Å². The van der Waals surface area contributed by atoms with Crippen molar-refractivity contribution in [1.29, 1.82) is 0 Å². The van der Waals surface area contributed by atoms with Gasteiger partial charge in [-0.25, -0.2) is 4.98 Å². The van der Waals surface area contributed by atoms with Gasteiger partial charge in [-0.1, -0.05) is 0 Å². The summed E-state index contributed by atoms with van der Waals surface area (Å²) in [7, 11) is 4.03. The third-order valence-corrected chi connectivity index (χ3v) is 4.06. The minimum Gasteiger partial charge on any atom is -0.492 e. The van der Waals surface area contributed by atoms with Crippen molar-refractivity contribution in [3.05, 3.63) is 34.2 Å². The van der Waals surface area contributed by atoms with E-state index in [1.165, 1.54) is 11.3 Å². The van der Waals surface area contributed by atoms with Crippen LogP contribution in [0.4, 0.5) is 0 Å². The molecule has 112 valence electrons. The second-order valence-corrected chi connectivity index (χ2v) is 6.35. The number of hydrogen-bond acceptors (Lipinski definition) is 5. The quantitative estimate of drug-likeness (QED) is 0.768. The van der Waals surface area contributed by atoms with E-state index in [1.54, 1.807) is 6.92 Å². The minimum absolute atomic E-state index is 0.0573. The molecule has 21 heavy (non-hydrogen) atoms. The molecule has 0 spiro atoms. The summed E-state index contributed by atoms with van der Waals surface area (Å²) in [5.41, 5.74) is 1.72. The Balaban J connectivity index is 2.14. The van der Waals surface area contributed by atoms with Gasteiger partial charge < -0.3 is 9.64 Å². The fourth-order valence-corrected chi connectivity index (χ4v) is 2.75. The molecular weight excluding hydrogens is 284 g/mol. The molecule has 0 aliphatic rings. The molecule has 0 amide bonds. The molecule has 2 aromatic rings. The lowest BCUT2D eigenvalue weighted by molar-refractivity contribution is 0.102. The summed E-state index contributed by atoms with van der Waals surface area (Å²) >= 11 is 1.44. The summed E-state index contributed by atoms with van der Waals surface area (Å²) in [5, 5.41) is 0.904. The van der Waals surface area contributed by atoms with Gasteiger partial charge in [-0.05, 0) is 45.3 Å². The van der Waals surface area contributed by atoms with Crippen molar-refractivity contribution in [1.82, 2.24) is 9.88 Å². The van der Waals surface area contributed by atoms with Crippen molar-refractivity contribution in [2.45, 2.75) is 13.8 Å². The summed E-state index contributed by atoms with van der Waals surface area (Å²) in [6, 6.07) is 7.74. The highest BCUT2D eigenvalue weighted by Crippen LogP contribution is 2.29. The van der Waals surface area contributed by atoms with Gasteiger partial charge in [-0.15, -0.1) is 11.3 Å².